The lowest BCUT2D eigenvalue weighted by molar-refractivity contribution is 0.685. The number of hydrogen-bond donors (Lipinski definition) is 1. The average molecular weight is 204 g/mol. The predicted octanol–water partition coefficient (Wildman–Crippen LogP) is 2.48. The van der Waals surface area contributed by atoms with Crippen molar-refractivity contribution in [1.82, 2.24) is 0 Å². The third-order valence-electron chi connectivity index (χ3n) is 3.32. The van der Waals surface area contributed by atoms with Gasteiger partial charge in [0.05, 0.1) is 0 Å². The van der Waals surface area contributed by atoms with Crippen LogP contribution in [0.2, 0.25) is 0 Å². The van der Waals surface area contributed by atoms with E-state index in [1.54, 1.807) is 0 Å². The molecule has 15 heavy (non-hydrogen) atoms. The predicted molar refractivity (Wildman–Crippen MR) is 65.2 cm³/mol. The molecule has 1 aromatic rings. The van der Waals surface area contributed by atoms with Crippen LogP contribution in [0.1, 0.15) is 37.9 Å². The zero-order chi connectivity index (χ0) is 11.0. The van der Waals surface area contributed by atoms with Gasteiger partial charge in [0.25, 0.3) is 0 Å². The van der Waals surface area contributed by atoms with Crippen LogP contribution in [0.25, 0.3) is 0 Å². The van der Waals surface area contributed by atoms with E-state index in [-0.39, 0.29) is 6.04 Å². The monoisotopic (exact) mass is 204 g/mol. The first kappa shape index (κ1) is 10.5. The van der Waals surface area contributed by atoms with Crippen molar-refractivity contribution in [3.8, 4) is 0 Å². The van der Waals surface area contributed by atoms with Gasteiger partial charge in [-0.3, -0.25) is 0 Å². The molecule has 0 bridgehead atoms. The van der Waals surface area contributed by atoms with Crippen LogP contribution in [0, 0.1) is 0 Å². The van der Waals surface area contributed by atoms with Crippen molar-refractivity contribution < 1.29 is 0 Å². The van der Waals surface area contributed by atoms with Crippen molar-refractivity contribution in [3.05, 3.63) is 29.3 Å². The van der Waals surface area contributed by atoms with Crippen LogP contribution >= 0.6 is 0 Å². The highest BCUT2D eigenvalue weighted by Crippen LogP contribution is 2.37. The Labute approximate surface area is 92.1 Å². The Bertz CT molecular complexity index is 358. The lowest BCUT2D eigenvalue weighted by atomic mass is 10.0. The molecule has 0 radical (unpaired) electrons. The number of hydrogen-bond acceptors (Lipinski definition) is 2. The smallest absolute Gasteiger partial charge is 0.0450 e. The summed E-state index contributed by atoms with van der Waals surface area (Å²) in [6.45, 7) is 7.63. The summed E-state index contributed by atoms with van der Waals surface area (Å²) in [5, 5.41) is 0. The maximum Gasteiger partial charge on any atom is 0.0450 e. The maximum absolute atomic E-state index is 6.02. The molecular formula is C13H20N2. The van der Waals surface area contributed by atoms with Gasteiger partial charge in [-0.15, -0.1) is 0 Å². The molecule has 0 amide bonds. The molecule has 2 heteroatoms. The van der Waals surface area contributed by atoms with Crippen LogP contribution in [0.3, 0.4) is 0 Å². The Morgan fingerprint density at radius 3 is 2.87 bits per heavy atom. The Hall–Kier alpha value is -1.02. The van der Waals surface area contributed by atoms with Gasteiger partial charge in [0.15, 0.2) is 0 Å². The zero-order valence-electron chi connectivity index (χ0n) is 9.83. The molecule has 0 aromatic heterocycles. The normalized spacial score (nSPS) is 21.6. The van der Waals surface area contributed by atoms with Crippen molar-refractivity contribution in [2.24, 2.45) is 5.73 Å². The fourth-order valence-corrected chi connectivity index (χ4v) is 2.61. The van der Waals surface area contributed by atoms with Gasteiger partial charge in [-0.25, -0.2) is 0 Å². The second-order valence-electron chi connectivity index (χ2n) is 4.48. The molecule has 2 atom stereocenters. The molecule has 0 spiro atoms. The minimum atomic E-state index is 0.124. The first-order chi connectivity index (χ1) is 7.15. The lowest BCUT2D eigenvalue weighted by Gasteiger charge is -2.26. The molecular weight excluding hydrogens is 184 g/mol. The fourth-order valence-electron chi connectivity index (χ4n) is 2.61. The third-order valence-corrected chi connectivity index (χ3v) is 3.32. The quantitative estimate of drug-likeness (QED) is 0.802. The Balaban J connectivity index is 2.51. The topological polar surface area (TPSA) is 29.3 Å². The minimum absolute atomic E-state index is 0.124. The Kier molecular flexibility index (Phi) is 2.70. The second-order valence-corrected chi connectivity index (χ2v) is 4.48. The highest BCUT2D eigenvalue weighted by Gasteiger charge is 2.27. The third kappa shape index (κ3) is 1.63. The summed E-state index contributed by atoms with van der Waals surface area (Å²) in [5.41, 5.74) is 10.2. The summed E-state index contributed by atoms with van der Waals surface area (Å²) in [6, 6.07) is 7.25. The molecule has 2 unspecified atom stereocenters. The molecule has 2 nitrogen and oxygen atoms in total. The standard InChI is InChI=1S/C13H20N2/c1-4-15-9(2)8-11-6-5-7-12(10(3)14)13(11)15/h5-7,9-10H,4,8,14H2,1-3H3. The van der Waals surface area contributed by atoms with Gasteiger partial charge in [-0.05, 0) is 38.3 Å². The van der Waals surface area contributed by atoms with E-state index in [2.05, 4.69) is 43.9 Å². The molecule has 1 heterocycles. The van der Waals surface area contributed by atoms with Crippen LogP contribution in [0.15, 0.2) is 18.2 Å². The minimum Gasteiger partial charge on any atom is -0.368 e. The second kappa shape index (κ2) is 3.86. The number of rotatable bonds is 2. The zero-order valence-corrected chi connectivity index (χ0v) is 9.83. The van der Waals surface area contributed by atoms with Crippen molar-refractivity contribution >= 4 is 5.69 Å². The number of likely N-dealkylation sites (N-methyl/N-ethyl adjacent to an activating group) is 1. The summed E-state index contributed by atoms with van der Waals surface area (Å²) in [7, 11) is 0. The number of nitrogens with zero attached hydrogens (tertiary/aromatic N) is 1. The summed E-state index contributed by atoms with van der Waals surface area (Å²) >= 11 is 0. The number of para-hydroxylation sites is 1. The highest BCUT2D eigenvalue weighted by atomic mass is 15.2. The number of anilines is 1. The first-order valence-electron chi connectivity index (χ1n) is 5.79. The molecule has 1 aromatic carbocycles. The summed E-state index contributed by atoms with van der Waals surface area (Å²) < 4.78 is 0. The van der Waals surface area contributed by atoms with E-state index in [1.165, 1.54) is 16.8 Å². The van der Waals surface area contributed by atoms with E-state index < -0.39 is 0 Å². The van der Waals surface area contributed by atoms with E-state index in [4.69, 9.17) is 5.73 Å². The van der Waals surface area contributed by atoms with E-state index in [0.29, 0.717) is 6.04 Å². The van der Waals surface area contributed by atoms with E-state index in [1.807, 2.05) is 0 Å². The van der Waals surface area contributed by atoms with Gasteiger partial charge in [-0.2, -0.15) is 0 Å². The molecule has 82 valence electrons. The Morgan fingerprint density at radius 1 is 1.53 bits per heavy atom. The van der Waals surface area contributed by atoms with Gasteiger partial charge < -0.3 is 10.6 Å². The van der Waals surface area contributed by atoms with E-state index in [0.717, 1.165) is 13.0 Å². The lowest BCUT2D eigenvalue weighted by Crippen LogP contribution is -2.29. The first-order valence-corrected chi connectivity index (χ1v) is 5.79. The van der Waals surface area contributed by atoms with Gasteiger partial charge in [-0.1, -0.05) is 18.2 Å². The maximum atomic E-state index is 6.02. The van der Waals surface area contributed by atoms with Crippen molar-refractivity contribution in [1.29, 1.82) is 0 Å². The molecule has 1 aliphatic heterocycles. The van der Waals surface area contributed by atoms with Crippen molar-refractivity contribution in [2.45, 2.75) is 39.3 Å². The highest BCUT2D eigenvalue weighted by molar-refractivity contribution is 5.65. The summed E-state index contributed by atoms with van der Waals surface area (Å²) in [4.78, 5) is 2.47. The molecule has 2 N–H and O–H groups in total. The molecule has 0 saturated carbocycles. The van der Waals surface area contributed by atoms with Gasteiger partial charge in [0.1, 0.15) is 0 Å². The fraction of sp³-hybridized carbons (Fsp3) is 0.538. The largest absolute Gasteiger partial charge is 0.368 e. The summed E-state index contributed by atoms with van der Waals surface area (Å²) in [5.74, 6) is 0. The molecule has 2 rings (SSSR count). The van der Waals surface area contributed by atoms with Crippen LogP contribution < -0.4 is 10.6 Å². The van der Waals surface area contributed by atoms with Gasteiger partial charge in [0.2, 0.25) is 0 Å². The number of nitrogens with two attached hydrogens (primary N) is 1. The van der Waals surface area contributed by atoms with Gasteiger partial charge >= 0.3 is 0 Å². The van der Waals surface area contributed by atoms with E-state index >= 15 is 0 Å². The average Bonchev–Trinajstić information content (AvgIpc) is 2.52. The molecule has 1 aliphatic rings. The van der Waals surface area contributed by atoms with Crippen LogP contribution in [0.5, 0.6) is 0 Å². The molecule has 0 fully saturated rings. The molecule has 0 aliphatic carbocycles. The van der Waals surface area contributed by atoms with E-state index in [9.17, 15) is 0 Å². The van der Waals surface area contributed by atoms with Crippen LogP contribution in [-0.4, -0.2) is 12.6 Å². The SMILES string of the molecule is CCN1c2c(cccc2C(C)N)CC1C. The van der Waals surface area contributed by atoms with Crippen molar-refractivity contribution in [2.75, 3.05) is 11.4 Å². The van der Waals surface area contributed by atoms with Gasteiger partial charge in [0, 0.05) is 24.3 Å². The number of fused-ring (bicyclic) bond motifs is 1. The Morgan fingerprint density at radius 2 is 2.27 bits per heavy atom. The summed E-state index contributed by atoms with van der Waals surface area (Å²) in [6.07, 6.45) is 1.16. The van der Waals surface area contributed by atoms with Crippen molar-refractivity contribution in [3.63, 3.8) is 0 Å². The van der Waals surface area contributed by atoms with Crippen LogP contribution in [0.4, 0.5) is 5.69 Å². The molecule has 0 saturated heterocycles. The number of benzene rings is 1. The van der Waals surface area contributed by atoms with Crippen LogP contribution in [-0.2, 0) is 6.42 Å².